The Morgan fingerprint density at radius 3 is 2.35 bits per heavy atom. The summed E-state index contributed by atoms with van der Waals surface area (Å²) in [5.74, 6) is 1.89. The first-order valence-electron chi connectivity index (χ1n) is 11.6. The van der Waals surface area contributed by atoms with Crippen molar-refractivity contribution in [1.82, 2.24) is 9.80 Å². The van der Waals surface area contributed by atoms with Gasteiger partial charge >= 0.3 is 0 Å². The second kappa shape index (κ2) is 10.5. The number of methoxy groups -OCH3 is 2. The third-order valence-electron chi connectivity index (χ3n) is 7.23. The van der Waals surface area contributed by atoms with Crippen LogP contribution in [0.5, 0.6) is 11.5 Å². The molecule has 0 radical (unpaired) electrons. The van der Waals surface area contributed by atoms with Crippen LogP contribution in [0, 0.1) is 0 Å². The summed E-state index contributed by atoms with van der Waals surface area (Å²) < 4.78 is 10.9. The molecule has 2 aromatic rings. The zero-order valence-corrected chi connectivity index (χ0v) is 20.3. The number of rotatable bonds is 9. The van der Waals surface area contributed by atoms with Crippen LogP contribution < -0.4 is 9.47 Å². The lowest BCUT2D eigenvalue weighted by molar-refractivity contribution is 0.112. The lowest BCUT2D eigenvalue weighted by atomic mass is 9.67. The fourth-order valence-corrected chi connectivity index (χ4v) is 5.05. The van der Waals surface area contributed by atoms with Gasteiger partial charge in [0.15, 0.2) is 0 Å². The van der Waals surface area contributed by atoms with Gasteiger partial charge < -0.3 is 19.3 Å². The van der Waals surface area contributed by atoms with Crippen LogP contribution >= 0.6 is 0 Å². The minimum absolute atomic E-state index is 0.194. The Kier molecular flexibility index (Phi) is 8.01. The zero-order valence-electron chi connectivity index (χ0n) is 20.3. The van der Waals surface area contributed by atoms with Crippen molar-refractivity contribution in [1.29, 1.82) is 0 Å². The van der Waals surface area contributed by atoms with Crippen LogP contribution in [0.25, 0.3) is 0 Å². The molecular weight excluding hydrogens is 384 g/mol. The highest BCUT2D eigenvalue weighted by Gasteiger charge is 2.39. The van der Waals surface area contributed by atoms with Crippen LogP contribution in [0.1, 0.15) is 49.8 Å². The van der Waals surface area contributed by atoms with Gasteiger partial charge in [0.1, 0.15) is 11.5 Å². The number of nitrogens with zero attached hydrogens (tertiary/aromatic N) is 2. The smallest absolute Gasteiger partial charge is 0.119 e. The Balaban J connectivity index is 1.81. The SMILES string of the molecule is CCc1ccc(OC)cc1[C@]1(CCN(C)Cc2ccc(OC)cc2)CCN(C)C(C)C1. The molecule has 0 spiro atoms. The van der Waals surface area contributed by atoms with Crippen molar-refractivity contribution in [3.05, 3.63) is 59.2 Å². The molecule has 1 saturated heterocycles. The van der Waals surface area contributed by atoms with Crippen molar-refractivity contribution in [3.63, 3.8) is 0 Å². The van der Waals surface area contributed by atoms with E-state index in [1.165, 1.54) is 29.5 Å². The van der Waals surface area contributed by atoms with Gasteiger partial charge in [0.2, 0.25) is 0 Å². The number of hydrogen-bond acceptors (Lipinski definition) is 4. The van der Waals surface area contributed by atoms with Crippen molar-refractivity contribution >= 4 is 0 Å². The average molecular weight is 425 g/mol. The summed E-state index contributed by atoms with van der Waals surface area (Å²) >= 11 is 0. The van der Waals surface area contributed by atoms with E-state index in [1.54, 1.807) is 14.2 Å². The Morgan fingerprint density at radius 2 is 1.74 bits per heavy atom. The molecule has 0 aromatic heterocycles. The number of aryl methyl sites for hydroxylation is 1. The molecule has 2 atom stereocenters. The van der Waals surface area contributed by atoms with E-state index >= 15 is 0 Å². The molecular formula is C27H40N2O2. The first kappa shape index (κ1) is 23.6. The highest BCUT2D eigenvalue weighted by molar-refractivity contribution is 5.41. The molecule has 1 unspecified atom stereocenters. The molecule has 4 heteroatoms. The first-order valence-corrected chi connectivity index (χ1v) is 11.6. The van der Waals surface area contributed by atoms with Crippen molar-refractivity contribution in [2.75, 3.05) is 41.4 Å². The van der Waals surface area contributed by atoms with Crippen molar-refractivity contribution in [2.45, 2.75) is 57.5 Å². The monoisotopic (exact) mass is 424 g/mol. The number of piperidine rings is 1. The number of hydrogen-bond donors (Lipinski definition) is 0. The minimum Gasteiger partial charge on any atom is -0.497 e. The van der Waals surface area contributed by atoms with Crippen LogP contribution in [0.3, 0.4) is 0 Å². The third-order valence-corrected chi connectivity index (χ3v) is 7.23. The summed E-state index contributed by atoms with van der Waals surface area (Å²) in [5.41, 5.74) is 4.49. The molecule has 4 nitrogen and oxygen atoms in total. The molecule has 0 saturated carbocycles. The number of likely N-dealkylation sites (tertiary alicyclic amines) is 1. The van der Waals surface area contributed by atoms with Gasteiger partial charge in [0.25, 0.3) is 0 Å². The Labute approximate surface area is 189 Å². The van der Waals surface area contributed by atoms with Gasteiger partial charge in [0.05, 0.1) is 14.2 Å². The second-order valence-electron chi connectivity index (χ2n) is 9.28. The van der Waals surface area contributed by atoms with E-state index in [9.17, 15) is 0 Å². The van der Waals surface area contributed by atoms with Gasteiger partial charge in [-0.3, -0.25) is 0 Å². The zero-order chi connectivity index (χ0) is 22.4. The maximum Gasteiger partial charge on any atom is 0.119 e. The number of ether oxygens (including phenoxy) is 2. The standard InChI is InChI=1S/C27H40N2O2/c1-7-23-10-13-25(31-6)18-26(23)27(15-17-29(4)21(2)19-27)14-16-28(3)20-22-8-11-24(30-5)12-9-22/h8-13,18,21H,7,14-17,19-20H2,1-6H3/t21?,27-/m1/s1. The van der Waals surface area contributed by atoms with Gasteiger partial charge in [-0.2, -0.15) is 0 Å². The van der Waals surface area contributed by atoms with Gasteiger partial charge in [-0.15, -0.1) is 0 Å². The van der Waals surface area contributed by atoms with Gasteiger partial charge in [0, 0.05) is 12.6 Å². The molecule has 3 rings (SSSR count). The van der Waals surface area contributed by atoms with E-state index < -0.39 is 0 Å². The third kappa shape index (κ3) is 5.61. The van der Waals surface area contributed by atoms with Crippen molar-refractivity contribution in [3.8, 4) is 11.5 Å². The molecule has 0 N–H and O–H groups in total. The highest BCUT2D eigenvalue weighted by atomic mass is 16.5. The van der Waals surface area contributed by atoms with Crippen molar-refractivity contribution < 1.29 is 9.47 Å². The minimum atomic E-state index is 0.194. The fourth-order valence-electron chi connectivity index (χ4n) is 5.05. The Bertz CT molecular complexity index is 836. The highest BCUT2D eigenvalue weighted by Crippen LogP contribution is 2.43. The summed E-state index contributed by atoms with van der Waals surface area (Å²) in [6, 6.07) is 15.7. The first-order chi connectivity index (χ1) is 14.9. The van der Waals surface area contributed by atoms with Crippen LogP contribution in [-0.2, 0) is 18.4 Å². The Hall–Kier alpha value is -2.04. The number of benzene rings is 2. The van der Waals surface area contributed by atoms with E-state index in [-0.39, 0.29) is 5.41 Å². The van der Waals surface area contributed by atoms with Crippen LogP contribution in [-0.4, -0.2) is 57.2 Å². The van der Waals surface area contributed by atoms with E-state index in [0.717, 1.165) is 44.0 Å². The molecule has 0 bridgehead atoms. The summed E-state index contributed by atoms with van der Waals surface area (Å²) in [6.07, 6.45) is 4.62. The molecule has 1 aliphatic rings. The molecule has 0 amide bonds. The topological polar surface area (TPSA) is 24.9 Å². The molecule has 2 aromatic carbocycles. The lowest BCUT2D eigenvalue weighted by Gasteiger charge is -2.46. The maximum absolute atomic E-state index is 5.63. The van der Waals surface area contributed by atoms with E-state index in [0.29, 0.717) is 6.04 Å². The second-order valence-corrected chi connectivity index (χ2v) is 9.28. The molecule has 1 heterocycles. The fraction of sp³-hybridized carbons (Fsp3) is 0.556. The summed E-state index contributed by atoms with van der Waals surface area (Å²) in [5, 5.41) is 0. The quantitative estimate of drug-likeness (QED) is 0.556. The summed E-state index contributed by atoms with van der Waals surface area (Å²) in [7, 11) is 7.99. The van der Waals surface area contributed by atoms with Gasteiger partial charge in [-0.1, -0.05) is 25.1 Å². The summed E-state index contributed by atoms with van der Waals surface area (Å²) in [4.78, 5) is 4.96. The maximum atomic E-state index is 5.63. The molecule has 0 aliphatic carbocycles. The summed E-state index contributed by atoms with van der Waals surface area (Å²) in [6.45, 7) is 7.81. The normalized spacial score (nSPS) is 22.0. The van der Waals surface area contributed by atoms with E-state index in [1.807, 2.05) is 12.1 Å². The van der Waals surface area contributed by atoms with Gasteiger partial charge in [-0.05, 0) is 106 Å². The average Bonchev–Trinajstić information content (AvgIpc) is 2.80. The van der Waals surface area contributed by atoms with Crippen molar-refractivity contribution in [2.24, 2.45) is 0 Å². The predicted octanol–water partition coefficient (Wildman–Crippen LogP) is 5.14. The Morgan fingerprint density at radius 1 is 1.06 bits per heavy atom. The largest absolute Gasteiger partial charge is 0.497 e. The van der Waals surface area contributed by atoms with Crippen LogP contribution in [0.2, 0.25) is 0 Å². The lowest BCUT2D eigenvalue weighted by Crippen LogP contribution is -2.47. The molecule has 1 aliphatic heterocycles. The van der Waals surface area contributed by atoms with Gasteiger partial charge in [-0.25, -0.2) is 0 Å². The van der Waals surface area contributed by atoms with E-state index in [4.69, 9.17) is 9.47 Å². The van der Waals surface area contributed by atoms with Crippen LogP contribution in [0.15, 0.2) is 42.5 Å². The van der Waals surface area contributed by atoms with E-state index in [2.05, 4.69) is 68.1 Å². The molecule has 170 valence electrons. The molecule has 1 fully saturated rings. The predicted molar refractivity (Wildman–Crippen MR) is 129 cm³/mol. The van der Waals surface area contributed by atoms with Crippen LogP contribution in [0.4, 0.5) is 0 Å². The molecule has 31 heavy (non-hydrogen) atoms.